The molecule has 1 rings (SSSR count). The van der Waals surface area contributed by atoms with Crippen LogP contribution in [0.15, 0.2) is 12.1 Å². The Kier molecular flexibility index (Phi) is 3.85. The van der Waals surface area contributed by atoms with E-state index in [1.54, 1.807) is 12.1 Å². The van der Waals surface area contributed by atoms with Crippen molar-refractivity contribution in [2.24, 2.45) is 0 Å². The summed E-state index contributed by atoms with van der Waals surface area (Å²) in [5.74, 6) is 0. The van der Waals surface area contributed by atoms with Gasteiger partial charge in [0.15, 0.2) is 0 Å². The lowest BCUT2D eigenvalue weighted by atomic mass is 10.2. The molecule has 0 spiro atoms. The van der Waals surface area contributed by atoms with Crippen molar-refractivity contribution in [3.63, 3.8) is 0 Å². The van der Waals surface area contributed by atoms with Crippen molar-refractivity contribution in [3.05, 3.63) is 32.8 Å². The van der Waals surface area contributed by atoms with Gasteiger partial charge in [0.2, 0.25) is 6.41 Å². The minimum Gasteiger partial charge on any atom is -0.354 e. The first-order valence-corrected chi connectivity index (χ1v) is 4.59. The van der Waals surface area contributed by atoms with Crippen LogP contribution in [0.2, 0.25) is 15.1 Å². The van der Waals surface area contributed by atoms with E-state index in [4.69, 9.17) is 34.8 Å². The van der Waals surface area contributed by atoms with E-state index in [0.29, 0.717) is 33.6 Å². The van der Waals surface area contributed by atoms with E-state index in [9.17, 15) is 4.79 Å². The molecule has 1 aromatic carbocycles. The highest BCUT2D eigenvalue weighted by atomic mass is 35.5. The maximum Gasteiger partial charge on any atom is 0.207 e. The standard InChI is InChI=1S/C8H6Cl3NO/c9-5-1-7(10)6(3-12-4-13)8(11)2-5/h1-2,4H,3H2,(H,12,13). The molecule has 1 N–H and O–H groups in total. The summed E-state index contributed by atoms with van der Waals surface area (Å²) in [7, 11) is 0. The van der Waals surface area contributed by atoms with Crippen LogP contribution in [-0.4, -0.2) is 6.41 Å². The van der Waals surface area contributed by atoms with E-state index < -0.39 is 0 Å². The van der Waals surface area contributed by atoms with Crippen LogP contribution in [-0.2, 0) is 11.3 Å². The minimum atomic E-state index is 0.304. The molecule has 0 atom stereocenters. The van der Waals surface area contributed by atoms with Crippen molar-refractivity contribution in [1.29, 1.82) is 0 Å². The molecule has 2 nitrogen and oxygen atoms in total. The number of nitrogens with one attached hydrogen (secondary N) is 1. The summed E-state index contributed by atoms with van der Waals surface area (Å²) in [6, 6.07) is 3.16. The van der Waals surface area contributed by atoms with Crippen molar-refractivity contribution in [2.75, 3.05) is 0 Å². The number of benzene rings is 1. The molecular formula is C8H6Cl3NO. The number of carbonyl (C=O) groups excluding carboxylic acids is 1. The molecule has 0 aromatic heterocycles. The molecule has 0 heterocycles. The van der Waals surface area contributed by atoms with Crippen molar-refractivity contribution in [3.8, 4) is 0 Å². The highest BCUT2D eigenvalue weighted by molar-refractivity contribution is 6.39. The Morgan fingerprint density at radius 3 is 2.23 bits per heavy atom. The Balaban J connectivity index is 2.98. The Bertz CT molecular complexity index is 304. The van der Waals surface area contributed by atoms with Gasteiger partial charge in [-0.1, -0.05) is 34.8 Å². The van der Waals surface area contributed by atoms with Crippen molar-refractivity contribution in [1.82, 2.24) is 5.32 Å². The summed E-state index contributed by atoms with van der Waals surface area (Å²) in [6.45, 7) is 0.304. The van der Waals surface area contributed by atoms with Gasteiger partial charge in [0, 0.05) is 27.2 Å². The van der Waals surface area contributed by atoms with Crippen molar-refractivity contribution < 1.29 is 4.79 Å². The molecule has 0 aliphatic carbocycles. The molecule has 0 saturated carbocycles. The summed E-state index contributed by atoms with van der Waals surface area (Å²) in [5.41, 5.74) is 0.667. The molecule has 0 bridgehead atoms. The SMILES string of the molecule is O=CNCc1c(Cl)cc(Cl)cc1Cl. The quantitative estimate of drug-likeness (QED) is 0.806. The van der Waals surface area contributed by atoms with Crippen molar-refractivity contribution in [2.45, 2.75) is 6.54 Å². The van der Waals surface area contributed by atoms with Crippen LogP contribution in [0, 0.1) is 0 Å². The molecule has 5 heteroatoms. The minimum absolute atomic E-state index is 0.304. The van der Waals surface area contributed by atoms with Crippen LogP contribution in [0.1, 0.15) is 5.56 Å². The first kappa shape index (κ1) is 10.6. The van der Waals surface area contributed by atoms with E-state index in [0.717, 1.165) is 0 Å². The lowest BCUT2D eigenvalue weighted by molar-refractivity contribution is -0.109. The Morgan fingerprint density at radius 1 is 1.23 bits per heavy atom. The molecule has 70 valence electrons. The molecule has 0 aliphatic heterocycles. The van der Waals surface area contributed by atoms with Crippen molar-refractivity contribution >= 4 is 41.2 Å². The topological polar surface area (TPSA) is 29.1 Å². The van der Waals surface area contributed by atoms with Gasteiger partial charge in [0.05, 0.1) is 0 Å². The first-order chi connectivity index (χ1) is 6.15. The molecule has 0 fully saturated rings. The number of hydrogen-bond donors (Lipinski definition) is 1. The fourth-order valence-corrected chi connectivity index (χ4v) is 1.84. The first-order valence-electron chi connectivity index (χ1n) is 3.45. The third-order valence-corrected chi connectivity index (χ3v) is 2.36. The molecular weight excluding hydrogens is 232 g/mol. The smallest absolute Gasteiger partial charge is 0.207 e. The van der Waals surface area contributed by atoms with Gasteiger partial charge in [-0.05, 0) is 12.1 Å². The van der Waals surface area contributed by atoms with Gasteiger partial charge < -0.3 is 5.32 Å². The second-order valence-electron chi connectivity index (χ2n) is 2.35. The summed E-state index contributed by atoms with van der Waals surface area (Å²) in [4.78, 5) is 10.0. The second-order valence-corrected chi connectivity index (χ2v) is 3.60. The van der Waals surface area contributed by atoms with E-state index in [2.05, 4.69) is 5.32 Å². The van der Waals surface area contributed by atoms with Gasteiger partial charge in [-0.25, -0.2) is 0 Å². The summed E-state index contributed by atoms with van der Waals surface area (Å²) >= 11 is 17.4. The third-order valence-electron chi connectivity index (χ3n) is 1.47. The molecule has 0 unspecified atom stereocenters. The Labute approximate surface area is 90.8 Å². The second kappa shape index (κ2) is 4.70. The summed E-state index contributed by atoms with van der Waals surface area (Å²) < 4.78 is 0. The molecule has 1 amide bonds. The zero-order valence-electron chi connectivity index (χ0n) is 6.48. The predicted octanol–water partition coefficient (Wildman–Crippen LogP) is 2.89. The predicted molar refractivity (Wildman–Crippen MR) is 54.4 cm³/mol. The van der Waals surface area contributed by atoms with E-state index in [-0.39, 0.29) is 0 Å². The van der Waals surface area contributed by atoms with Gasteiger partial charge in [-0.15, -0.1) is 0 Å². The third kappa shape index (κ3) is 2.76. The highest BCUT2D eigenvalue weighted by Gasteiger charge is 2.06. The van der Waals surface area contributed by atoms with Crippen LogP contribution < -0.4 is 5.32 Å². The zero-order valence-corrected chi connectivity index (χ0v) is 8.75. The molecule has 13 heavy (non-hydrogen) atoms. The normalized spacial score (nSPS) is 9.77. The number of hydrogen-bond acceptors (Lipinski definition) is 1. The largest absolute Gasteiger partial charge is 0.354 e. The molecule has 1 aromatic rings. The molecule has 0 saturated heterocycles. The van der Waals surface area contributed by atoms with E-state index in [1.807, 2.05) is 0 Å². The highest BCUT2D eigenvalue weighted by Crippen LogP contribution is 2.28. The Morgan fingerprint density at radius 2 is 1.77 bits per heavy atom. The van der Waals surface area contributed by atoms with Crippen LogP contribution in [0.4, 0.5) is 0 Å². The maximum atomic E-state index is 10.0. The van der Waals surface area contributed by atoms with Gasteiger partial charge >= 0.3 is 0 Å². The fraction of sp³-hybridized carbons (Fsp3) is 0.125. The van der Waals surface area contributed by atoms with Crippen LogP contribution in [0.3, 0.4) is 0 Å². The van der Waals surface area contributed by atoms with Crippen LogP contribution in [0.25, 0.3) is 0 Å². The summed E-state index contributed by atoms with van der Waals surface area (Å²) in [5, 5.41) is 3.85. The van der Waals surface area contributed by atoms with Crippen LogP contribution in [0.5, 0.6) is 0 Å². The number of carbonyl (C=O) groups is 1. The lowest BCUT2D eigenvalue weighted by Crippen LogP contribution is -2.10. The van der Waals surface area contributed by atoms with E-state index in [1.165, 1.54) is 0 Å². The average Bonchev–Trinajstić information content (AvgIpc) is 2.02. The zero-order chi connectivity index (χ0) is 9.84. The molecule has 0 radical (unpaired) electrons. The monoisotopic (exact) mass is 237 g/mol. The summed E-state index contributed by atoms with van der Waals surface area (Å²) in [6.07, 6.45) is 0.585. The Hall–Kier alpha value is -0.440. The van der Waals surface area contributed by atoms with Gasteiger partial charge in [0.25, 0.3) is 0 Å². The fourth-order valence-electron chi connectivity index (χ4n) is 0.885. The van der Waals surface area contributed by atoms with Gasteiger partial charge in [-0.3, -0.25) is 4.79 Å². The van der Waals surface area contributed by atoms with Gasteiger partial charge in [0.1, 0.15) is 0 Å². The maximum absolute atomic E-state index is 10.0. The molecule has 0 aliphatic rings. The number of amides is 1. The average molecular weight is 239 g/mol. The van der Waals surface area contributed by atoms with Gasteiger partial charge in [-0.2, -0.15) is 0 Å². The lowest BCUT2D eigenvalue weighted by Gasteiger charge is -2.06. The van der Waals surface area contributed by atoms with Crippen LogP contribution >= 0.6 is 34.8 Å². The van der Waals surface area contributed by atoms with E-state index >= 15 is 0 Å². The number of rotatable bonds is 3. The number of halogens is 3.